The predicted octanol–water partition coefficient (Wildman–Crippen LogP) is 3.66. The lowest BCUT2D eigenvalue weighted by atomic mass is 10.1. The molecule has 1 aliphatic rings. The Labute approximate surface area is 164 Å². The van der Waals surface area contributed by atoms with Crippen LogP contribution in [0.1, 0.15) is 18.9 Å². The monoisotopic (exact) mass is 405 g/mol. The molecule has 1 aliphatic heterocycles. The predicted molar refractivity (Wildman–Crippen MR) is 101 cm³/mol. The molecule has 29 heavy (non-hydrogen) atoms. The maximum Gasteiger partial charge on any atom is 0.416 e. The van der Waals surface area contributed by atoms with Gasteiger partial charge in [-0.15, -0.1) is 0 Å². The number of nitrogens with one attached hydrogen (secondary N) is 2. The smallest absolute Gasteiger partial charge is 0.326 e. The number of alkyl halides is 3. The van der Waals surface area contributed by atoms with E-state index in [1.165, 1.54) is 24.0 Å². The van der Waals surface area contributed by atoms with Crippen LogP contribution >= 0.6 is 0 Å². The van der Waals surface area contributed by atoms with Crippen LogP contribution in [0.15, 0.2) is 48.5 Å². The van der Waals surface area contributed by atoms with Crippen molar-refractivity contribution in [1.82, 2.24) is 0 Å². The zero-order valence-electron chi connectivity index (χ0n) is 15.4. The van der Waals surface area contributed by atoms with Crippen LogP contribution in [0, 0.1) is 5.92 Å². The summed E-state index contributed by atoms with van der Waals surface area (Å²) in [5.74, 6) is -1.72. The Balaban J connectivity index is 1.67. The summed E-state index contributed by atoms with van der Waals surface area (Å²) >= 11 is 0. The van der Waals surface area contributed by atoms with E-state index in [0.717, 1.165) is 12.1 Å². The van der Waals surface area contributed by atoms with Crippen LogP contribution < -0.4 is 15.5 Å². The minimum absolute atomic E-state index is 0.00402. The Morgan fingerprint density at radius 3 is 2.24 bits per heavy atom. The molecule has 0 aromatic heterocycles. The van der Waals surface area contributed by atoms with Crippen LogP contribution in [0.25, 0.3) is 0 Å². The van der Waals surface area contributed by atoms with Crippen LogP contribution in [0.2, 0.25) is 0 Å². The Morgan fingerprint density at radius 2 is 1.66 bits per heavy atom. The van der Waals surface area contributed by atoms with E-state index in [0.29, 0.717) is 11.4 Å². The maximum atomic E-state index is 12.9. The molecular weight excluding hydrogens is 387 g/mol. The van der Waals surface area contributed by atoms with Crippen molar-refractivity contribution in [3.05, 3.63) is 54.1 Å². The van der Waals surface area contributed by atoms with Gasteiger partial charge in [0.05, 0.1) is 11.5 Å². The van der Waals surface area contributed by atoms with Crippen molar-refractivity contribution >= 4 is 34.8 Å². The molecule has 1 heterocycles. The number of benzene rings is 2. The minimum Gasteiger partial charge on any atom is -0.326 e. The third-order valence-corrected chi connectivity index (χ3v) is 4.45. The lowest BCUT2D eigenvalue weighted by molar-refractivity contribution is -0.137. The largest absolute Gasteiger partial charge is 0.416 e. The number of halogens is 3. The zero-order valence-corrected chi connectivity index (χ0v) is 15.4. The van der Waals surface area contributed by atoms with Crippen LogP contribution in [-0.2, 0) is 20.6 Å². The van der Waals surface area contributed by atoms with Crippen molar-refractivity contribution in [3.8, 4) is 0 Å². The van der Waals surface area contributed by atoms with E-state index in [-0.39, 0.29) is 24.6 Å². The van der Waals surface area contributed by atoms with E-state index in [1.807, 2.05) is 0 Å². The van der Waals surface area contributed by atoms with E-state index < -0.39 is 29.5 Å². The number of nitrogens with zero attached hydrogens (tertiary/aromatic N) is 1. The summed E-state index contributed by atoms with van der Waals surface area (Å²) in [6.07, 6.45) is -4.61. The van der Waals surface area contributed by atoms with Gasteiger partial charge in [0.2, 0.25) is 17.7 Å². The molecule has 2 aromatic rings. The molecular formula is C20H18F3N3O3. The van der Waals surface area contributed by atoms with Gasteiger partial charge in [0.25, 0.3) is 0 Å². The number of carbonyl (C=O) groups is 3. The average molecular weight is 405 g/mol. The summed E-state index contributed by atoms with van der Waals surface area (Å²) < 4.78 is 38.7. The van der Waals surface area contributed by atoms with Gasteiger partial charge in [-0.25, -0.2) is 0 Å². The van der Waals surface area contributed by atoms with Crippen molar-refractivity contribution in [2.45, 2.75) is 19.5 Å². The van der Waals surface area contributed by atoms with Gasteiger partial charge in [-0.2, -0.15) is 13.2 Å². The minimum atomic E-state index is -4.51. The van der Waals surface area contributed by atoms with E-state index in [1.54, 1.807) is 24.3 Å². The molecule has 0 aliphatic carbocycles. The van der Waals surface area contributed by atoms with E-state index in [2.05, 4.69) is 10.6 Å². The van der Waals surface area contributed by atoms with Gasteiger partial charge in [0.15, 0.2) is 0 Å². The summed E-state index contributed by atoms with van der Waals surface area (Å²) in [6.45, 7) is 1.37. The van der Waals surface area contributed by atoms with Crippen molar-refractivity contribution in [2.75, 3.05) is 22.1 Å². The van der Waals surface area contributed by atoms with Gasteiger partial charge < -0.3 is 15.5 Å². The Kier molecular flexibility index (Phi) is 5.58. The van der Waals surface area contributed by atoms with Crippen molar-refractivity contribution in [2.24, 2.45) is 5.92 Å². The average Bonchev–Trinajstić information content (AvgIpc) is 3.04. The highest BCUT2D eigenvalue weighted by atomic mass is 19.4. The normalized spacial score (nSPS) is 16.6. The summed E-state index contributed by atoms with van der Waals surface area (Å²) in [4.78, 5) is 37.0. The number of rotatable bonds is 4. The molecule has 2 N–H and O–H groups in total. The van der Waals surface area contributed by atoms with Gasteiger partial charge in [-0.3, -0.25) is 14.4 Å². The van der Waals surface area contributed by atoms with Crippen molar-refractivity contribution in [3.63, 3.8) is 0 Å². The number of hydrogen-bond acceptors (Lipinski definition) is 3. The van der Waals surface area contributed by atoms with Crippen molar-refractivity contribution in [1.29, 1.82) is 0 Å². The second-order valence-corrected chi connectivity index (χ2v) is 6.70. The lowest BCUT2D eigenvalue weighted by Crippen LogP contribution is -2.28. The SMILES string of the molecule is CC(=O)Nc1ccc(NC(=O)[C@@H]2CC(=O)N(c3cccc(C(F)(F)F)c3)C2)cc1. The Bertz CT molecular complexity index is 942. The maximum absolute atomic E-state index is 12.9. The summed E-state index contributed by atoms with van der Waals surface area (Å²) in [7, 11) is 0. The van der Waals surface area contributed by atoms with Crippen molar-refractivity contribution < 1.29 is 27.6 Å². The number of carbonyl (C=O) groups excluding carboxylic acids is 3. The molecule has 0 bridgehead atoms. The molecule has 1 saturated heterocycles. The van der Waals surface area contributed by atoms with Gasteiger partial charge >= 0.3 is 6.18 Å². The first kappa shape index (κ1) is 20.4. The van der Waals surface area contributed by atoms with Gasteiger partial charge in [-0.05, 0) is 42.5 Å². The highest BCUT2D eigenvalue weighted by molar-refractivity contribution is 6.03. The molecule has 152 valence electrons. The van der Waals surface area contributed by atoms with Crippen LogP contribution in [0.5, 0.6) is 0 Å². The molecule has 0 saturated carbocycles. The van der Waals surface area contributed by atoms with E-state index in [4.69, 9.17) is 0 Å². The Hall–Kier alpha value is -3.36. The van der Waals surface area contributed by atoms with Gasteiger partial charge in [0, 0.05) is 37.0 Å². The summed E-state index contributed by atoms with van der Waals surface area (Å²) in [5, 5.41) is 5.28. The fraction of sp³-hybridized carbons (Fsp3) is 0.250. The molecule has 9 heteroatoms. The van der Waals surface area contributed by atoms with E-state index in [9.17, 15) is 27.6 Å². The zero-order chi connectivity index (χ0) is 21.2. The molecule has 1 atom stereocenters. The highest BCUT2D eigenvalue weighted by Crippen LogP contribution is 2.33. The van der Waals surface area contributed by atoms with Crippen LogP contribution in [0.3, 0.4) is 0 Å². The first-order valence-electron chi connectivity index (χ1n) is 8.79. The Morgan fingerprint density at radius 1 is 1.03 bits per heavy atom. The second-order valence-electron chi connectivity index (χ2n) is 6.70. The summed E-state index contributed by atoms with van der Waals surface area (Å²) in [5.41, 5.74) is 0.311. The third kappa shape index (κ3) is 4.92. The van der Waals surface area contributed by atoms with Gasteiger partial charge in [0.1, 0.15) is 0 Å². The lowest BCUT2D eigenvalue weighted by Gasteiger charge is -2.18. The number of amides is 3. The third-order valence-electron chi connectivity index (χ3n) is 4.45. The molecule has 2 aromatic carbocycles. The molecule has 1 fully saturated rings. The number of anilines is 3. The number of hydrogen-bond donors (Lipinski definition) is 2. The fourth-order valence-electron chi connectivity index (χ4n) is 3.07. The quantitative estimate of drug-likeness (QED) is 0.815. The van der Waals surface area contributed by atoms with E-state index >= 15 is 0 Å². The molecule has 0 radical (unpaired) electrons. The molecule has 3 rings (SSSR count). The first-order chi connectivity index (χ1) is 13.6. The molecule has 6 nitrogen and oxygen atoms in total. The molecule has 3 amide bonds. The standard InChI is InChI=1S/C20H18F3N3O3/c1-12(27)24-15-5-7-16(8-6-15)25-19(29)13-9-18(28)26(11-13)17-4-2-3-14(10-17)20(21,22)23/h2-8,10,13H,9,11H2,1H3,(H,24,27)(H,25,29)/t13-/m1/s1. The molecule has 0 unspecified atom stereocenters. The van der Waals surface area contributed by atoms with Gasteiger partial charge in [-0.1, -0.05) is 6.07 Å². The molecule has 0 spiro atoms. The van der Waals surface area contributed by atoms with Crippen LogP contribution in [0.4, 0.5) is 30.2 Å². The van der Waals surface area contributed by atoms with Crippen LogP contribution in [-0.4, -0.2) is 24.3 Å². The second kappa shape index (κ2) is 7.94. The summed E-state index contributed by atoms with van der Waals surface area (Å²) in [6, 6.07) is 10.9. The fourth-order valence-corrected chi connectivity index (χ4v) is 3.07. The topological polar surface area (TPSA) is 78.5 Å². The highest BCUT2D eigenvalue weighted by Gasteiger charge is 2.37. The first-order valence-corrected chi connectivity index (χ1v) is 8.79.